The Morgan fingerprint density at radius 2 is 2.18 bits per heavy atom. The molecule has 3 heteroatoms. The van der Waals surface area contributed by atoms with Crippen molar-refractivity contribution in [2.24, 2.45) is 0 Å². The molecule has 17 heavy (non-hydrogen) atoms. The number of nitrogens with zero attached hydrogens (tertiary/aromatic N) is 1. The molecule has 1 saturated heterocycles. The standard InChI is InChI=1S/C14H22N2O/c1-11(2)17-14-8-13(9-16-10-14)12-4-3-6-15-7-5-12/h8-12,15H,3-7H2,1-2H3. The molecule has 0 amide bonds. The zero-order valence-electron chi connectivity index (χ0n) is 10.8. The van der Waals surface area contributed by atoms with E-state index in [1.54, 1.807) is 6.20 Å². The number of aromatic nitrogens is 1. The highest BCUT2D eigenvalue weighted by Crippen LogP contribution is 2.27. The van der Waals surface area contributed by atoms with Crippen LogP contribution in [0, 0.1) is 0 Å². The highest BCUT2D eigenvalue weighted by atomic mass is 16.5. The fourth-order valence-electron chi connectivity index (χ4n) is 2.35. The molecule has 1 aromatic rings. The quantitative estimate of drug-likeness (QED) is 0.873. The molecule has 0 aromatic carbocycles. The van der Waals surface area contributed by atoms with Crippen LogP contribution in [0.25, 0.3) is 0 Å². The number of rotatable bonds is 3. The second-order valence-electron chi connectivity index (χ2n) is 5.00. The van der Waals surface area contributed by atoms with Crippen LogP contribution in [-0.2, 0) is 0 Å². The van der Waals surface area contributed by atoms with Crippen molar-refractivity contribution >= 4 is 0 Å². The number of nitrogens with one attached hydrogen (secondary N) is 1. The van der Waals surface area contributed by atoms with Crippen molar-refractivity contribution in [3.63, 3.8) is 0 Å². The highest BCUT2D eigenvalue weighted by molar-refractivity contribution is 5.26. The van der Waals surface area contributed by atoms with E-state index in [2.05, 4.69) is 16.4 Å². The summed E-state index contributed by atoms with van der Waals surface area (Å²) in [5.74, 6) is 1.53. The van der Waals surface area contributed by atoms with Crippen LogP contribution >= 0.6 is 0 Å². The summed E-state index contributed by atoms with van der Waals surface area (Å²) in [5, 5.41) is 3.44. The zero-order valence-corrected chi connectivity index (χ0v) is 10.8. The van der Waals surface area contributed by atoms with Crippen LogP contribution < -0.4 is 10.1 Å². The van der Waals surface area contributed by atoms with Crippen molar-refractivity contribution in [3.8, 4) is 5.75 Å². The van der Waals surface area contributed by atoms with Crippen molar-refractivity contribution in [2.45, 2.75) is 45.1 Å². The van der Waals surface area contributed by atoms with Gasteiger partial charge in [-0.2, -0.15) is 0 Å². The van der Waals surface area contributed by atoms with Crippen LogP contribution in [-0.4, -0.2) is 24.2 Å². The third kappa shape index (κ3) is 3.70. The minimum atomic E-state index is 0.211. The summed E-state index contributed by atoms with van der Waals surface area (Å²) in [6.07, 6.45) is 7.71. The second-order valence-corrected chi connectivity index (χ2v) is 5.00. The van der Waals surface area contributed by atoms with Crippen LogP contribution in [0.1, 0.15) is 44.6 Å². The molecule has 0 aliphatic carbocycles. The molecule has 94 valence electrons. The van der Waals surface area contributed by atoms with Gasteiger partial charge in [0.2, 0.25) is 0 Å². The maximum absolute atomic E-state index is 5.70. The van der Waals surface area contributed by atoms with Gasteiger partial charge in [-0.05, 0) is 63.7 Å². The van der Waals surface area contributed by atoms with Gasteiger partial charge in [-0.1, -0.05) is 0 Å². The summed E-state index contributed by atoms with van der Waals surface area (Å²) in [6, 6.07) is 2.16. The van der Waals surface area contributed by atoms with Gasteiger partial charge < -0.3 is 10.1 Å². The maximum Gasteiger partial charge on any atom is 0.138 e. The van der Waals surface area contributed by atoms with Crippen LogP contribution in [0.3, 0.4) is 0 Å². The summed E-state index contributed by atoms with van der Waals surface area (Å²) in [6.45, 7) is 6.34. The molecular formula is C14H22N2O. The predicted molar refractivity (Wildman–Crippen MR) is 69.5 cm³/mol. The molecule has 1 aliphatic rings. The van der Waals surface area contributed by atoms with Gasteiger partial charge in [-0.25, -0.2) is 0 Å². The van der Waals surface area contributed by atoms with Gasteiger partial charge >= 0.3 is 0 Å². The van der Waals surface area contributed by atoms with Crippen molar-refractivity contribution in [2.75, 3.05) is 13.1 Å². The fraction of sp³-hybridized carbons (Fsp3) is 0.643. The fourth-order valence-corrected chi connectivity index (χ4v) is 2.35. The molecule has 0 radical (unpaired) electrons. The Balaban J connectivity index is 2.08. The maximum atomic E-state index is 5.70. The normalized spacial score (nSPS) is 21.2. The Morgan fingerprint density at radius 1 is 1.29 bits per heavy atom. The summed E-state index contributed by atoms with van der Waals surface area (Å²) >= 11 is 0. The largest absolute Gasteiger partial charge is 0.489 e. The first kappa shape index (κ1) is 12.4. The topological polar surface area (TPSA) is 34.1 Å². The average molecular weight is 234 g/mol. The first-order valence-electron chi connectivity index (χ1n) is 6.58. The minimum Gasteiger partial charge on any atom is -0.489 e. The minimum absolute atomic E-state index is 0.211. The molecule has 1 atom stereocenters. The Kier molecular flexibility index (Phi) is 4.37. The average Bonchev–Trinajstić information content (AvgIpc) is 2.57. The highest BCUT2D eigenvalue weighted by Gasteiger charge is 2.15. The second kappa shape index (κ2) is 6.01. The van der Waals surface area contributed by atoms with E-state index >= 15 is 0 Å². The van der Waals surface area contributed by atoms with Gasteiger partial charge in [-0.15, -0.1) is 0 Å². The van der Waals surface area contributed by atoms with E-state index in [0.29, 0.717) is 5.92 Å². The number of ether oxygens (including phenoxy) is 1. The van der Waals surface area contributed by atoms with Gasteiger partial charge in [0.1, 0.15) is 5.75 Å². The van der Waals surface area contributed by atoms with E-state index < -0.39 is 0 Å². The van der Waals surface area contributed by atoms with Crippen LogP contribution in [0.2, 0.25) is 0 Å². The molecule has 1 N–H and O–H groups in total. The van der Waals surface area contributed by atoms with Gasteiger partial charge in [0, 0.05) is 6.20 Å². The van der Waals surface area contributed by atoms with Crippen LogP contribution in [0.4, 0.5) is 0 Å². The van der Waals surface area contributed by atoms with Gasteiger partial charge in [0.25, 0.3) is 0 Å². The Labute approximate surface area is 104 Å². The molecule has 1 fully saturated rings. The molecule has 1 aliphatic heterocycles. The number of hydrogen-bond donors (Lipinski definition) is 1. The van der Waals surface area contributed by atoms with Crippen molar-refractivity contribution in [3.05, 3.63) is 24.0 Å². The lowest BCUT2D eigenvalue weighted by atomic mass is 9.93. The first-order valence-corrected chi connectivity index (χ1v) is 6.58. The Morgan fingerprint density at radius 3 is 3.00 bits per heavy atom. The molecular weight excluding hydrogens is 212 g/mol. The lowest BCUT2D eigenvalue weighted by Gasteiger charge is -2.16. The van der Waals surface area contributed by atoms with Crippen LogP contribution in [0.15, 0.2) is 18.5 Å². The molecule has 2 rings (SSSR count). The predicted octanol–water partition coefficient (Wildman–Crippen LogP) is 2.73. The van der Waals surface area contributed by atoms with E-state index in [0.717, 1.165) is 18.8 Å². The molecule has 0 bridgehead atoms. The smallest absolute Gasteiger partial charge is 0.138 e. The molecule has 3 nitrogen and oxygen atoms in total. The summed E-state index contributed by atoms with van der Waals surface area (Å²) in [4.78, 5) is 4.30. The molecule has 1 aromatic heterocycles. The van der Waals surface area contributed by atoms with Crippen molar-refractivity contribution in [1.82, 2.24) is 10.3 Å². The van der Waals surface area contributed by atoms with Gasteiger partial charge in [0.05, 0.1) is 12.3 Å². The van der Waals surface area contributed by atoms with Gasteiger partial charge in [0.15, 0.2) is 0 Å². The molecule has 1 unspecified atom stereocenters. The molecule has 0 spiro atoms. The summed E-state index contributed by atoms with van der Waals surface area (Å²) in [5.41, 5.74) is 1.33. The van der Waals surface area contributed by atoms with Crippen LogP contribution in [0.5, 0.6) is 5.75 Å². The summed E-state index contributed by atoms with van der Waals surface area (Å²) < 4.78 is 5.70. The van der Waals surface area contributed by atoms with E-state index in [1.165, 1.54) is 24.8 Å². The lowest BCUT2D eigenvalue weighted by molar-refractivity contribution is 0.241. The third-order valence-electron chi connectivity index (χ3n) is 3.15. The lowest BCUT2D eigenvalue weighted by Crippen LogP contribution is -2.13. The number of pyridine rings is 1. The van der Waals surface area contributed by atoms with E-state index in [1.807, 2.05) is 20.0 Å². The third-order valence-corrected chi connectivity index (χ3v) is 3.15. The Hall–Kier alpha value is -1.09. The van der Waals surface area contributed by atoms with E-state index in [9.17, 15) is 0 Å². The summed E-state index contributed by atoms with van der Waals surface area (Å²) in [7, 11) is 0. The van der Waals surface area contributed by atoms with E-state index in [4.69, 9.17) is 4.74 Å². The monoisotopic (exact) mass is 234 g/mol. The first-order chi connectivity index (χ1) is 8.25. The van der Waals surface area contributed by atoms with Gasteiger partial charge in [-0.3, -0.25) is 4.98 Å². The zero-order chi connectivity index (χ0) is 12.1. The van der Waals surface area contributed by atoms with Crippen molar-refractivity contribution in [1.29, 1.82) is 0 Å². The Bertz CT molecular complexity index is 344. The SMILES string of the molecule is CC(C)Oc1cncc(C2CCCNCC2)c1. The molecule has 0 saturated carbocycles. The van der Waals surface area contributed by atoms with Crippen molar-refractivity contribution < 1.29 is 4.74 Å². The molecule has 2 heterocycles. The number of hydrogen-bond acceptors (Lipinski definition) is 3. The van der Waals surface area contributed by atoms with E-state index in [-0.39, 0.29) is 6.10 Å².